The minimum absolute atomic E-state index is 0.151. The van der Waals surface area contributed by atoms with Gasteiger partial charge in [-0.05, 0) is 62.0 Å². The predicted octanol–water partition coefficient (Wildman–Crippen LogP) is 3.37. The van der Waals surface area contributed by atoms with Gasteiger partial charge in [0.05, 0.1) is 18.2 Å². The average molecular weight is 454 g/mol. The third-order valence-electron chi connectivity index (χ3n) is 5.39. The molecule has 0 saturated heterocycles. The quantitative estimate of drug-likeness (QED) is 0.526. The van der Waals surface area contributed by atoms with Gasteiger partial charge in [0, 0.05) is 24.0 Å². The van der Waals surface area contributed by atoms with E-state index in [2.05, 4.69) is 10.6 Å². The van der Waals surface area contributed by atoms with Gasteiger partial charge in [-0.15, -0.1) is 0 Å². The Balaban J connectivity index is 1.54. The molecule has 0 saturated carbocycles. The van der Waals surface area contributed by atoms with E-state index in [1.165, 1.54) is 0 Å². The first-order chi connectivity index (χ1) is 15.4. The first kappa shape index (κ1) is 21.6. The van der Waals surface area contributed by atoms with Crippen LogP contribution in [0.3, 0.4) is 0 Å². The van der Waals surface area contributed by atoms with Crippen molar-refractivity contribution >= 4 is 34.9 Å². The molecule has 1 amide bonds. The Hall–Kier alpha value is -3.59. The predicted molar refractivity (Wildman–Crippen MR) is 123 cm³/mol. The highest BCUT2D eigenvalue weighted by atomic mass is 32.1. The third kappa shape index (κ3) is 4.11. The van der Waals surface area contributed by atoms with Crippen molar-refractivity contribution in [2.45, 2.75) is 19.9 Å². The van der Waals surface area contributed by atoms with Gasteiger partial charge in [-0.1, -0.05) is 12.1 Å². The van der Waals surface area contributed by atoms with Crippen LogP contribution in [-0.4, -0.2) is 42.3 Å². The van der Waals surface area contributed by atoms with Gasteiger partial charge in [-0.25, -0.2) is 4.79 Å². The number of hydrogen-bond acceptors (Lipinski definition) is 6. The number of carbonyl (C=O) groups is 2. The number of nitrogens with zero attached hydrogens (tertiary/aromatic N) is 1. The Kier molecular flexibility index (Phi) is 6.00. The topological polar surface area (TPSA) is 89.1 Å². The summed E-state index contributed by atoms with van der Waals surface area (Å²) in [6.07, 6.45) is 0. The van der Waals surface area contributed by atoms with Crippen molar-refractivity contribution in [1.29, 1.82) is 0 Å². The maximum atomic E-state index is 12.6. The molecular weight excluding hydrogens is 430 g/mol. The van der Waals surface area contributed by atoms with E-state index in [0.29, 0.717) is 33.4 Å². The van der Waals surface area contributed by atoms with E-state index >= 15 is 0 Å². The molecule has 0 radical (unpaired) electrons. The highest BCUT2D eigenvalue weighted by Crippen LogP contribution is 2.33. The summed E-state index contributed by atoms with van der Waals surface area (Å²) in [4.78, 5) is 27.0. The Morgan fingerprint density at radius 2 is 1.91 bits per heavy atom. The van der Waals surface area contributed by atoms with Gasteiger partial charge >= 0.3 is 5.97 Å². The molecule has 0 fully saturated rings. The van der Waals surface area contributed by atoms with E-state index in [0.717, 1.165) is 11.3 Å². The first-order valence-corrected chi connectivity index (χ1v) is 10.5. The summed E-state index contributed by atoms with van der Waals surface area (Å²) in [5, 5.41) is 6.58. The number of nitrogens with one attached hydrogen (secondary N) is 2. The molecule has 2 aromatic rings. The largest absolute Gasteiger partial charge is 0.463 e. The van der Waals surface area contributed by atoms with E-state index < -0.39 is 12.0 Å². The van der Waals surface area contributed by atoms with Gasteiger partial charge in [-0.3, -0.25) is 4.79 Å². The van der Waals surface area contributed by atoms with Crippen LogP contribution in [0.5, 0.6) is 11.5 Å². The Bertz CT molecular complexity index is 1110. The van der Waals surface area contributed by atoms with E-state index in [1.54, 1.807) is 49.2 Å². The van der Waals surface area contributed by atoms with Gasteiger partial charge in [-0.2, -0.15) is 0 Å². The van der Waals surface area contributed by atoms with Crippen LogP contribution in [0.15, 0.2) is 53.7 Å². The SMILES string of the molecule is CCOC(=O)C1=C(C)N(C)C(=S)NC1c1ccc(NC(=O)c2ccc3c(c2)OCO3)cc1. The van der Waals surface area contributed by atoms with E-state index in [-0.39, 0.29) is 19.3 Å². The van der Waals surface area contributed by atoms with Crippen molar-refractivity contribution in [1.82, 2.24) is 10.2 Å². The van der Waals surface area contributed by atoms with Crippen LogP contribution < -0.4 is 20.1 Å². The van der Waals surface area contributed by atoms with Crippen LogP contribution >= 0.6 is 12.2 Å². The minimum Gasteiger partial charge on any atom is -0.463 e. The van der Waals surface area contributed by atoms with Crippen LogP contribution in [0.2, 0.25) is 0 Å². The maximum Gasteiger partial charge on any atom is 0.338 e. The molecule has 2 aliphatic heterocycles. The summed E-state index contributed by atoms with van der Waals surface area (Å²) in [6.45, 7) is 4.04. The molecule has 0 aromatic heterocycles. The second-order valence-electron chi connectivity index (χ2n) is 7.31. The number of anilines is 1. The monoisotopic (exact) mass is 453 g/mol. The second-order valence-corrected chi connectivity index (χ2v) is 7.69. The van der Waals surface area contributed by atoms with Gasteiger partial charge in [0.2, 0.25) is 6.79 Å². The highest BCUT2D eigenvalue weighted by Gasteiger charge is 2.33. The lowest BCUT2D eigenvalue weighted by Gasteiger charge is -2.35. The fourth-order valence-corrected chi connectivity index (χ4v) is 3.81. The maximum absolute atomic E-state index is 12.6. The van der Waals surface area contributed by atoms with Crippen LogP contribution in [0, 0.1) is 0 Å². The van der Waals surface area contributed by atoms with Gasteiger partial charge in [0.25, 0.3) is 5.91 Å². The Morgan fingerprint density at radius 3 is 2.62 bits per heavy atom. The summed E-state index contributed by atoms with van der Waals surface area (Å²) in [7, 11) is 1.80. The lowest BCUT2D eigenvalue weighted by Crippen LogP contribution is -2.46. The molecule has 0 bridgehead atoms. The number of hydrogen-bond donors (Lipinski definition) is 2. The molecule has 32 heavy (non-hydrogen) atoms. The lowest BCUT2D eigenvalue weighted by atomic mass is 9.95. The summed E-state index contributed by atoms with van der Waals surface area (Å²) in [6, 6.07) is 11.8. The van der Waals surface area contributed by atoms with E-state index in [9.17, 15) is 9.59 Å². The number of thiocarbonyl (C=S) groups is 1. The summed E-state index contributed by atoms with van der Waals surface area (Å²) >= 11 is 5.41. The molecule has 1 atom stereocenters. The van der Waals surface area contributed by atoms with E-state index in [1.807, 2.05) is 19.1 Å². The van der Waals surface area contributed by atoms with Crippen molar-refractivity contribution in [3.63, 3.8) is 0 Å². The summed E-state index contributed by atoms with van der Waals surface area (Å²) < 4.78 is 15.9. The summed E-state index contributed by atoms with van der Waals surface area (Å²) in [5.74, 6) is 0.510. The number of esters is 1. The van der Waals surface area contributed by atoms with Gasteiger partial charge in [0.1, 0.15) is 0 Å². The van der Waals surface area contributed by atoms with Crippen molar-refractivity contribution in [3.8, 4) is 11.5 Å². The molecule has 9 heteroatoms. The number of rotatable bonds is 5. The number of benzene rings is 2. The van der Waals surface area contributed by atoms with Crippen molar-refractivity contribution in [2.75, 3.05) is 25.8 Å². The Labute approximate surface area is 191 Å². The third-order valence-corrected chi connectivity index (χ3v) is 5.78. The van der Waals surface area contributed by atoms with Gasteiger partial charge in [0.15, 0.2) is 16.6 Å². The number of carbonyl (C=O) groups excluding carboxylic acids is 2. The zero-order valence-electron chi connectivity index (χ0n) is 17.9. The van der Waals surface area contributed by atoms with Gasteiger partial charge < -0.3 is 29.7 Å². The number of fused-ring (bicyclic) bond motifs is 1. The zero-order valence-corrected chi connectivity index (χ0v) is 18.7. The molecule has 2 N–H and O–H groups in total. The van der Waals surface area contributed by atoms with Crippen LogP contribution in [0.25, 0.3) is 0 Å². The fourth-order valence-electron chi connectivity index (χ4n) is 3.56. The standard InChI is InChI=1S/C23H23N3O5S/c1-4-29-22(28)19-13(2)26(3)23(32)25-20(19)14-5-8-16(9-6-14)24-21(27)15-7-10-17-18(11-15)31-12-30-17/h5-11,20H,4,12H2,1-3H3,(H,24,27)(H,25,32). The molecule has 0 spiro atoms. The number of ether oxygens (including phenoxy) is 3. The Morgan fingerprint density at radius 1 is 1.19 bits per heavy atom. The molecular formula is C23H23N3O5S. The van der Waals surface area contributed by atoms with Crippen molar-refractivity contribution < 1.29 is 23.8 Å². The molecule has 166 valence electrons. The van der Waals surface area contributed by atoms with Crippen LogP contribution in [0.1, 0.15) is 35.8 Å². The second kappa shape index (κ2) is 8.88. The molecule has 2 heterocycles. The molecule has 1 unspecified atom stereocenters. The zero-order chi connectivity index (χ0) is 22.8. The van der Waals surface area contributed by atoms with Crippen LogP contribution in [0.4, 0.5) is 5.69 Å². The molecule has 4 rings (SSSR count). The summed E-state index contributed by atoms with van der Waals surface area (Å²) in [5.41, 5.74) is 3.13. The minimum atomic E-state index is -0.448. The highest BCUT2D eigenvalue weighted by molar-refractivity contribution is 7.80. The van der Waals surface area contributed by atoms with Crippen LogP contribution in [-0.2, 0) is 9.53 Å². The smallest absolute Gasteiger partial charge is 0.338 e. The van der Waals surface area contributed by atoms with Crippen molar-refractivity contribution in [3.05, 3.63) is 64.9 Å². The molecule has 2 aromatic carbocycles. The van der Waals surface area contributed by atoms with E-state index in [4.69, 9.17) is 26.4 Å². The molecule has 0 aliphatic carbocycles. The molecule has 2 aliphatic rings. The lowest BCUT2D eigenvalue weighted by molar-refractivity contribution is -0.139. The first-order valence-electron chi connectivity index (χ1n) is 10.1. The fraction of sp³-hybridized carbons (Fsp3) is 0.261. The average Bonchev–Trinajstić information content (AvgIpc) is 3.26. The molecule has 8 nitrogen and oxygen atoms in total. The number of amides is 1. The van der Waals surface area contributed by atoms with Crippen molar-refractivity contribution in [2.24, 2.45) is 0 Å². The normalized spacial score (nSPS) is 17.2. The number of allylic oxidation sites excluding steroid dienone is 1.